The fourth-order valence-corrected chi connectivity index (χ4v) is 2.87. The summed E-state index contributed by atoms with van der Waals surface area (Å²) in [6, 6.07) is 0. The lowest BCUT2D eigenvalue weighted by Crippen LogP contribution is -2.22. The Labute approximate surface area is 125 Å². The summed E-state index contributed by atoms with van der Waals surface area (Å²) >= 11 is 1.11. The van der Waals surface area contributed by atoms with Crippen molar-refractivity contribution >= 4 is 33.8 Å². The van der Waals surface area contributed by atoms with E-state index >= 15 is 0 Å². The molecule has 0 aliphatic rings. The molecule has 21 heavy (non-hydrogen) atoms. The number of nitrogens with one attached hydrogen (secondary N) is 2. The summed E-state index contributed by atoms with van der Waals surface area (Å²) in [5.74, 6) is -0.937. The van der Waals surface area contributed by atoms with Gasteiger partial charge in [0.1, 0.15) is 9.88 Å². The second-order valence-electron chi connectivity index (χ2n) is 4.57. The van der Waals surface area contributed by atoms with Gasteiger partial charge in [0.2, 0.25) is 0 Å². The zero-order valence-corrected chi connectivity index (χ0v) is 12.5. The largest absolute Gasteiger partial charge is 0.397 e. The summed E-state index contributed by atoms with van der Waals surface area (Å²) < 4.78 is 0. The molecule has 0 aromatic carbocycles. The third-order valence-corrected chi connectivity index (χ3v) is 3.95. The van der Waals surface area contributed by atoms with Crippen LogP contribution in [0.4, 0.5) is 10.7 Å². The number of anilines is 2. The number of nitrogens with zero attached hydrogens (tertiary/aromatic N) is 2. The van der Waals surface area contributed by atoms with Crippen LogP contribution in [0.15, 0.2) is 12.4 Å². The number of nitrogen functional groups attached to an aromatic ring is 1. The van der Waals surface area contributed by atoms with Crippen LogP contribution in [0.2, 0.25) is 0 Å². The normalized spacial score (nSPS) is 10.4. The monoisotopic (exact) mass is 308 g/mol. The van der Waals surface area contributed by atoms with E-state index in [4.69, 9.17) is 11.5 Å². The molecule has 6 N–H and O–H groups in total. The smallest absolute Gasteiger partial charge is 0.265 e. The number of amides is 2. The molecule has 0 saturated heterocycles. The number of aromatic nitrogens is 2. The van der Waals surface area contributed by atoms with Crippen LogP contribution in [0.1, 0.15) is 25.6 Å². The van der Waals surface area contributed by atoms with Crippen molar-refractivity contribution in [3.05, 3.63) is 28.4 Å². The summed E-state index contributed by atoms with van der Waals surface area (Å²) in [6.07, 6.45) is 3.37. The highest BCUT2D eigenvalue weighted by atomic mass is 32.1. The van der Waals surface area contributed by atoms with E-state index in [9.17, 15) is 9.59 Å². The van der Waals surface area contributed by atoms with Crippen LogP contribution in [-0.4, -0.2) is 41.0 Å². The highest BCUT2D eigenvalue weighted by molar-refractivity contribution is 7.19. The van der Waals surface area contributed by atoms with Gasteiger partial charge < -0.3 is 21.7 Å². The molecule has 2 rings (SSSR count). The molecule has 8 nitrogen and oxygen atoms in total. The third-order valence-electron chi connectivity index (χ3n) is 2.80. The van der Waals surface area contributed by atoms with Crippen LogP contribution in [0.3, 0.4) is 0 Å². The van der Waals surface area contributed by atoms with Crippen molar-refractivity contribution in [2.45, 2.75) is 6.54 Å². The second-order valence-corrected chi connectivity index (χ2v) is 5.59. The average molecular weight is 308 g/mol. The van der Waals surface area contributed by atoms with E-state index in [2.05, 4.69) is 15.5 Å². The van der Waals surface area contributed by atoms with Crippen LogP contribution in [0, 0.1) is 0 Å². The molecule has 0 saturated carbocycles. The number of H-pyrrole nitrogens is 1. The Kier molecular flexibility index (Phi) is 4.13. The fraction of sp³-hybridized carbons (Fsp3) is 0.250. The van der Waals surface area contributed by atoms with Gasteiger partial charge in [-0.1, -0.05) is 0 Å². The Balaban J connectivity index is 2.33. The van der Waals surface area contributed by atoms with Crippen LogP contribution in [0.25, 0.3) is 0 Å². The molecule has 2 heterocycles. The number of primary amides is 1. The molecule has 2 amide bonds. The summed E-state index contributed by atoms with van der Waals surface area (Å²) in [7, 11) is 3.23. The Morgan fingerprint density at radius 2 is 2.19 bits per heavy atom. The summed E-state index contributed by atoms with van der Waals surface area (Å²) in [4.78, 5) is 25.3. The third kappa shape index (κ3) is 2.97. The number of hydrogen-bond acceptors (Lipinski definition) is 6. The summed E-state index contributed by atoms with van der Waals surface area (Å²) in [5.41, 5.74) is 12.4. The van der Waals surface area contributed by atoms with E-state index in [0.29, 0.717) is 16.4 Å². The molecule has 9 heteroatoms. The quantitative estimate of drug-likeness (QED) is 0.637. The summed E-state index contributed by atoms with van der Waals surface area (Å²) in [6.45, 7) is 0.437. The van der Waals surface area contributed by atoms with Gasteiger partial charge in [0, 0.05) is 32.4 Å². The predicted octanol–water partition coefficient (Wildman–Crippen LogP) is 0.466. The molecule has 0 spiro atoms. The van der Waals surface area contributed by atoms with E-state index in [1.54, 1.807) is 26.5 Å². The minimum absolute atomic E-state index is 0.112. The molecular formula is C12H16N6O2S. The number of rotatable bonds is 5. The van der Waals surface area contributed by atoms with Gasteiger partial charge in [-0.2, -0.15) is 5.10 Å². The van der Waals surface area contributed by atoms with Gasteiger partial charge in [-0.3, -0.25) is 14.7 Å². The zero-order valence-electron chi connectivity index (χ0n) is 11.6. The first-order chi connectivity index (χ1) is 9.91. The van der Waals surface area contributed by atoms with Crippen molar-refractivity contribution in [3.8, 4) is 0 Å². The van der Waals surface area contributed by atoms with E-state index in [1.165, 1.54) is 4.90 Å². The Hall–Kier alpha value is -2.55. The SMILES string of the molecule is CN(C)C(=O)c1sc(NCc2cn[nH]c2)c(C(N)=O)c1N. The standard InChI is InChI=1S/C12H16N6O2S/c1-18(2)12(20)9-8(13)7(10(14)19)11(21-9)15-3-6-4-16-17-5-6/h4-5,15H,3,13H2,1-2H3,(H2,14,19)(H,16,17). The van der Waals surface area contributed by atoms with E-state index in [-0.39, 0.29) is 17.2 Å². The molecule has 0 fully saturated rings. The zero-order chi connectivity index (χ0) is 15.6. The maximum atomic E-state index is 12.0. The van der Waals surface area contributed by atoms with Gasteiger partial charge in [-0.05, 0) is 0 Å². The lowest BCUT2D eigenvalue weighted by atomic mass is 10.2. The first kappa shape index (κ1) is 14.9. The first-order valence-electron chi connectivity index (χ1n) is 6.07. The molecule has 0 bridgehead atoms. The number of hydrogen-bond donors (Lipinski definition) is 4. The molecule has 2 aromatic heterocycles. The Bertz CT molecular complexity index is 662. The summed E-state index contributed by atoms with van der Waals surface area (Å²) in [5, 5.41) is 10.1. The van der Waals surface area contributed by atoms with Gasteiger partial charge in [0.15, 0.2) is 0 Å². The van der Waals surface area contributed by atoms with Crippen molar-refractivity contribution in [3.63, 3.8) is 0 Å². The van der Waals surface area contributed by atoms with Crippen LogP contribution >= 0.6 is 11.3 Å². The van der Waals surface area contributed by atoms with Crippen LogP contribution in [0.5, 0.6) is 0 Å². The average Bonchev–Trinajstić information content (AvgIpc) is 3.02. The number of aromatic amines is 1. The lowest BCUT2D eigenvalue weighted by Gasteiger charge is -2.08. The molecule has 0 aliphatic heterocycles. The van der Waals surface area contributed by atoms with Crippen molar-refractivity contribution in [1.29, 1.82) is 0 Å². The predicted molar refractivity (Wildman–Crippen MR) is 81.2 cm³/mol. The molecular weight excluding hydrogens is 292 g/mol. The molecule has 2 aromatic rings. The van der Waals surface area contributed by atoms with Gasteiger partial charge in [-0.15, -0.1) is 11.3 Å². The fourth-order valence-electron chi connectivity index (χ4n) is 1.73. The molecule has 0 radical (unpaired) electrons. The number of nitrogens with two attached hydrogens (primary N) is 2. The van der Waals surface area contributed by atoms with E-state index in [0.717, 1.165) is 16.9 Å². The van der Waals surface area contributed by atoms with Crippen molar-refractivity contribution < 1.29 is 9.59 Å². The first-order valence-corrected chi connectivity index (χ1v) is 6.88. The van der Waals surface area contributed by atoms with Crippen LogP contribution in [-0.2, 0) is 6.54 Å². The second kappa shape index (κ2) is 5.83. The van der Waals surface area contributed by atoms with Gasteiger partial charge in [-0.25, -0.2) is 0 Å². The number of thiophene rings is 1. The molecule has 0 aliphatic carbocycles. The number of carbonyl (C=O) groups excluding carboxylic acids is 2. The highest BCUT2D eigenvalue weighted by Gasteiger charge is 2.25. The number of carbonyl (C=O) groups is 2. The Morgan fingerprint density at radius 1 is 1.48 bits per heavy atom. The van der Waals surface area contributed by atoms with Crippen molar-refractivity contribution in [1.82, 2.24) is 15.1 Å². The van der Waals surface area contributed by atoms with Gasteiger partial charge >= 0.3 is 0 Å². The van der Waals surface area contributed by atoms with Crippen LogP contribution < -0.4 is 16.8 Å². The maximum Gasteiger partial charge on any atom is 0.265 e. The molecule has 0 unspecified atom stereocenters. The minimum atomic E-state index is -0.670. The Morgan fingerprint density at radius 3 is 2.71 bits per heavy atom. The van der Waals surface area contributed by atoms with E-state index in [1.807, 2.05) is 0 Å². The maximum absolute atomic E-state index is 12.0. The van der Waals surface area contributed by atoms with Crippen molar-refractivity contribution in [2.75, 3.05) is 25.1 Å². The lowest BCUT2D eigenvalue weighted by molar-refractivity contribution is 0.0833. The van der Waals surface area contributed by atoms with Gasteiger partial charge in [0.25, 0.3) is 11.8 Å². The molecule has 0 atom stereocenters. The highest BCUT2D eigenvalue weighted by Crippen LogP contribution is 2.36. The topological polar surface area (TPSA) is 130 Å². The van der Waals surface area contributed by atoms with Gasteiger partial charge in [0.05, 0.1) is 17.4 Å². The van der Waals surface area contributed by atoms with E-state index < -0.39 is 5.91 Å². The van der Waals surface area contributed by atoms with Crippen molar-refractivity contribution in [2.24, 2.45) is 5.73 Å². The molecule has 112 valence electrons. The minimum Gasteiger partial charge on any atom is -0.397 e.